The Morgan fingerprint density at radius 2 is 1.62 bits per heavy atom. The molecule has 2 aromatic rings. The lowest BCUT2D eigenvalue weighted by molar-refractivity contribution is 0.601. The number of isothiocyanates is 1. The number of thiocarbonyl (C=S) groups is 1. The molecule has 0 unspecified atom stereocenters. The summed E-state index contributed by atoms with van der Waals surface area (Å²) in [7, 11) is -3.73. The Kier molecular flexibility index (Phi) is 4.98. The van der Waals surface area contributed by atoms with Crippen LogP contribution in [0.25, 0.3) is 0 Å². The Labute approximate surface area is 137 Å². The number of hydrogen-bond donors (Lipinski definition) is 1. The van der Waals surface area contributed by atoms with Crippen LogP contribution in [0.15, 0.2) is 52.4 Å². The summed E-state index contributed by atoms with van der Waals surface area (Å²) < 4.78 is 26.9. The van der Waals surface area contributed by atoms with Gasteiger partial charge in [0.1, 0.15) is 0 Å². The molecule has 4 nitrogen and oxygen atoms in total. The molecule has 0 radical (unpaired) electrons. The minimum atomic E-state index is -3.73. The Hall–Kier alpha value is -1.43. The summed E-state index contributed by atoms with van der Waals surface area (Å²) in [6.07, 6.45) is 0. The quantitative estimate of drug-likeness (QED) is 0.645. The van der Waals surface area contributed by atoms with Gasteiger partial charge in [-0.3, -0.25) is 4.72 Å². The molecule has 0 bridgehead atoms. The number of hydrogen-bond acceptors (Lipinski definition) is 4. The highest BCUT2D eigenvalue weighted by Gasteiger charge is 2.14. The first-order valence-electron chi connectivity index (χ1n) is 5.57. The molecule has 2 aromatic carbocycles. The topological polar surface area (TPSA) is 58.5 Å². The van der Waals surface area contributed by atoms with Crippen molar-refractivity contribution in [2.45, 2.75) is 4.90 Å². The Morgan fingerprint density at radius 1 is 1.05 bits per heavy atom. The summed E-state index contributed by atoms with van der Waals surface area (Å²) in [6, 6.07) is 10.3. The third-order valence-corrected chi connectivity index (χ3v) is 4.36. The fourth-order valence-corrected chi connectivity index (χ4v) is 3.25. The van der Waals surface area contributed by atoms with E-state index in [1.165, 1.54) is 42.5 Å². The summed E-state index contributed by atoms with van der Waals surface area (Å²) in [4.78, 5) is 3.84. The van der Waals surface area contributed by atoms with Crippen LogP contribution in [0.2, 0.25) is 10.0 Å². The maximum absolute atomic E-state index is 12.2. The molecule has 21 heavy (non-hydrogen) atoms. The molecule has 0 heterocycles. The Bertz CT molecular complexity index is 794. The second-order valence-corrected chi connectivity index (χ2v) is 6.70. The maximum atomic E-state index is 12.2. The van der Waals surface area contributed by atoms with Crippen molar-refractivity contribution >= 4 is 62.0 Å². The highest BCUT2D eigenvalue weighted by molar-refractivity contribution is 7.92. The number of nitrogens with zero attached hydrogens (tertiary/aromatic N) is 1. The summed E-state index contributed by atoms with van der Waals surface area (Å²) in [5.41, 5.74) is 0.809. The normalized spacial score (nSPS) is 10.8. The minimum absolute atomic E-state index is 0.0851. The van der Waals surface area contributed by atoms with Crippen LogP contribution in [-0.4, -0.2) is 13.6 Å². The van der Waals surface area contributed by atoms with E-state index >= 15 is 0 Å². The van der Waals surface area contributed by atoms with Crippen LogP contribution in [0.1, 0.15) is 0 Å². The van der Waals surface area contributed by atoms with Gasteiger partial charge in [0.05, 0.1) is 21.4 Å². The molecular weight excluding hydrogens is 351 g/mol. The summed E-state index contributed by atoms with van der Waals surface area (Å²) in [5.74, 6) is 0. The zero-order chi connectivity index (χ0) is 15.5. The van der Waals surface area contributed by atoms with Crippen LogP contribution >= 0.6 is 35.4 Å². The third-order valence-electron chi connectivity index (χ3n) is 2.44. The van der Waals surface area contributed by atoms with Crippen LogP contribution in [0.4, 0.5) is 11.4 Å². The van der Waals surface area contributed by atoms with Gasteiger partial charge in [-0.1, -0.05) is 23.2 Å². The summed E-state index contributed by atoms with van der Waals surface area (Å²) >= 11 is 16.1. The molecular formula is C13H8Cl2N2O2S2. The summed E-state index contributed by atoms with van der Waals surface area (Å²) in [6.45, 7) is 0. The molecule has 0 aliphatic carbocycles. The predicted octanol–water partition coefficient (Wildman–Crippen LogP) is 4.53. The second-order valence-electron chi connectivity index (χ2n) is 3.96. The zero-order valence-corrected chi connectivity index (χ0v) is 13.5. The maximum Gasteiger partial charge on any atom is 0.261 e. The van der Waals surface area contributed by atoms with Crippen molar-refractivity contribution in [1.29, 1.82) is 0 Å². The molecule has 0 aliphatic rings. The van der Waals surface area contributed by atoms with Crippen LogP contribution in [0, 0.1) is 0 Å². The van der Waals surface area contributed by atoms with Gasteiger partial charge in [-0.2, -0.15) is 4.99 Å². The van der Waals surface area contributed by atoms with Gasteiger partial charge < -0.3 is 0 Å². The molecule has 0 atom stereocenters. The monoisotopic (exact) mass is 358 g/mol. The largest absolute Gasteiger partial charge is 0.280 e. The number of halogens is 2. The highest BCUT2D eigenvalue weighted by atomic mass is 35.5. The molecule has 0 aromatic heterocycles. The van der Waals surface area contributed by atoms with E-state index in [-0.39, 0.29) is 10.6 Å². The molecule has 0 saturated carbocycles. The van der Waals surface area contributed by atoms with E-state index in [1.807, 2.05) is 0 Å². The van der Waals surface area contributed by atoms with Crippen molar-refractivity contribution < 1.29 is 8.42 Å². The van der Waals surface area contributed by atoms with Gasteiger partial charge in [-0.15, -0.1) is 0 Å². The number of rotatable bonds is 4. The fraction of sp³-hybridized carbons (Fsp3) is 0. The number of aliphatic imine (C=N–C) groups is 1. The fourth-order valence-electron chi connectivity index (χ4n) is 1.58. The zero-order valence-electron chi connectivity index (χ0n) is 10.4. The van der Waals surface area contributed by atoms with E-state index in [9.17, 15) is 8.42 Å². The van der Waals surface area contributed by atoms with Crippen molar-refractivity contribution in [3.8, 4) is 0 Å². The minimum Gasteiger partial charge on any atom is -0.280 e. The second kappa shape index (κ2) is 6.56. The number of anilines is 1. The van der Waals surface area contributed by atoms with Gasteiger partial charge >= 0.3 is 0 Å². The van der Waals surface area contributed by atoms with E-state index in [0.29, 0.717) is 15.7 Å². The molecule has 0 amide bonds. The average Bonchev–Trinajstić information content (AvgIpc) is 2.38. The molecule has 2 rings (SSSR count). The van der Waals surface area contributed by atoms with E-state index in [1.54, 1.807) is 0 Å². The van der Waals surface area contributed by atoms with Crippen molar-refractivity contribution in [3.63, 3.8) is 0 Å². The standard InChI is InChI=1S/C13H8Cl2N2O2S2/c14-9-5-10(15)7-12(6-9)17-21(18,19)13-3-1-11(2-4-13)16-8-20/h1-7,17H. The predicted molar refractivity (Wildman–Crippen MR) is 88.4 cm³/mol. The van der Waals surface area contributed by atoms with Crippen LogP contribution in [0.3, 0.4) is 0 Å². The molecule has 0 aliphatic heterocycles. The van der Waals surface area contributed by atoms with E-state index < -0.39 is 10.0 Å². The van der Waals surface area contributed by atoms with E-state index in [4.69, 9.17) is 23.2 Å². The van der Waals surface area contributed by atoms with E-state index in [2.05, 4.69) is 27.1 Å². The lowest BCUT2D eigenvalue weighted by Gasteiger charge is -2.09. The SMILES string of the molecule is O=S(=O)(Nc1cc(Cl)cc(Cl)c1)c1ccc(N=C=S)cc1. The van der Waals surface area contributed by atoms with Crippen molar-refractivity contribution in [3.05, 3.63) is 52.5 Å². The van der Waals surface area contributed by atoms with Gasteiger partial charge in [0.25, 0.3) is 10.0 Å². The van der Waals surface area contributed by atoms with Crippen LogP contribution < -0.4 is 4.72 Å². The van der Waals surface area contributed by atoms with Crippen molar-refractivity contribution in [2.24, 2.45) is 4.99 Å². The Balaban J connectivity index is 2.31. The lowest BCUT2D eigenvalue weighted by Crippen LogP contribution is -2.12. The van der Waals surface area contributed by atoms with Gasteiger partial charge in [0.2, 0.25) is 0 Å². The molecule has 8 heteroatoms. The highest BCUT2D eigenvalue weighted by Crippen LogP contribution is 2.25. The number of sulfonamides is 1. The van der Waals surface area contributed by atoms with Gasteiger partial charge in [-0.25, -0.2) is 8.42 Å². The van der Waals surface area contributed by atoms with Gasteiger partial charge in [0, 0.05) is 10.0 Å². The average molecular weight is 359 g/mol. The van der Waals surface area contributed by atoms with E-state index in [0.717, 1.165) is 0 Å². The van der Waals surface area contributed by atoms with Crippen molar-refractivity contribution in [2.75, 3.05) is 4.72 Å². The van der Waals surface area contributed by atoms with Crippen LogP contribution in [-0.2, 0) is 10.0 Å². The smallest absolute Gasteiger partial charge is 0.261 e. The van der Waals surface area contributed by atoms with Crippen molar-refractivity contribution in [1.82, 2.24) is 0 Å². The first-order valence-corrected chi connectivity index (χ1v) is 8.22. The molecule has 1 N–H and O–H groups in total. The van der Waals surface area contributed by atoms with Crippen LogP contribution in [0.5, 0.6) is 0 Å². The first kappa shape index (κ1) is 15.9. The molecule has 108 valence electrons. The first-order chi connectivity index (χ1) is 9.90. The summed E-state index contributed by atoms with van der Waals surface area (Å²) in [5, 5.41) is 2.89. The lowest BCUT2D eigenvalue weighted by atomic mass is 10.3. The van der Waals surface area contributed by atoms with Gasteiger partial charge in [0.15, 0.2) is 0 Å². The molecule has 0 spiro atoms. The number of nitrogens with one attached hydrogen (secondary N) is 1. The Morgan fingerprint density at radius 3 is 2.14 bits per heavy atom. The number of benzene rings is 2. The van der Waals surface area contributed by atoms with Gasteiger partial charge in [-0.05, 0) is 54.7 Å². The molecule has 0 fully saturated rings. The third kappa shape index (κ3) is 4.27. The molecule has 0 saturated heterocycles.